The topological polar surface area (TPSA) is 49.9 Å². The molecule has 5 heteroatoms. The average Bonchev–Trinajstić information content (AvgIpc) is 2.54. The number of hydrogen-bond acceptors (Lipinski definition) is 3. The molecule has 0 radical (unpaired) electrons. The molecule has 2 amide bonds. The van der Waals surface area contributed by atoms with Crippen LogP contribution in [0.25, 0.3) is 0 Å². The number of piperazine rings is 1. The van der Waals surface area contributed by atoms with Crippen molar-refractivity contribution < 1.29 is 14.3 Å². The fourth-order valence-corrected chi connectivity index (χ4v) is 2.73. The summed E-state index contributed by atoms with van der Waals surface area (Å²) in [5.74, 6) is 0.831. The highest BCUT2D eigenvalue weighted by molar-refractivity contribution is 5.80. The monoisotopic (exact) mass is 318 g/mol. The summed E-state index contributed by atoms with van der Waals surface area (Å²) >= 11 is 0. The quantitative estimate of drug-likeness (QED) is 0.796. The second kappa shape index (κ2) is 7.02. The summed E-state index contributed by atoms with van der Waals surface area (Å²) in [4.78, 5) is 26.8. The van der Waals surface area contributed by atoms with E-state index in [0.717, 1.165) is 17.7 Å². The van der Waals surface area contributed by atoms with E-state index in [9.17, 15) is 9.59 Å². The lowest BCUT2D eigenvalue weighted by Gasteiger charge is -2.32. The van der Waals surface area contributed by atoms with Crippen molar-refractivity contribution in [1.82, 2.24) is 9.80 Å². The van der Waals surface area contributed by atoms with E-state index in [1.807, 2.05) is 11.0 Å². The Morgan fingerprint density at radius 2 is 1.87 bits per heavy atom. The van der Waals surface area contributed by atoms with Crippen LogP contribution in [0.5, 0.6) is 5.75 Å². The first-order chi connectivity index (χ1) is 10.8. The van der Waals surface area contributed by atoms with E-state index in [0.29, 0.717) is 32.6 Å². The van der Waals surface area contributed by atoms with Gasteiger partial charge in [-0.1, -0.05) is 32.9 Å². The first-order valence-electron chi connectivity index (χ1n) is 7.99. The van der Waals surface area contributed by atoms with Crippen LogP contribution in [0.2, 0.25) is 0 Å². The summed E-state index contributed by atoms with van der Waals surface area (Å²) in [5, 5.41) is 0. The molecule has 0 aliphatic carbocycles. The third-order valence-electron chi connectivity index (χ3n) is 4.30. The number of amides is 2. The molecule has 1 aliphatic rings. The van der Waals surface area contributed by atoms with Crippen LogP contribution in [0.15, 0.2) is 18.2 Å². The molecule has 0 spiro atoms. The standard InChI is InChI=1S/C18H26N2O3/c1-18(2,3)15-5-6-16(23-4)14(11-15)12-17(22)20-9-7-19(13-21)8-10-20/h5-6,11,13H,7-10,12H2,1-4H3. The molecule has 0 unspecified atom stereocenters. The summed E-state index contributed by atoms with van der Waals surface area (Å²) in [5.41, 5.74) is 2.13. The molecule has 23 heavy (non-hydrogen) atoms. The average molecular weight is 318 g/mol. The van der Waals surface area contributed by atoms with Gasteiger partial charge in [0.1, 0.15) is 5.75 Å². The predicted octanol–water partition coefficient (Wildman–Crippen LogP) is 1.84. The van der Waals surface area contributed by atoms with Gasteiger partial charge in [-0.25, -0.2) is 0 Å². The maximum Gasteiger partial charge on any atom is 0.227 e. The lowest BCUT2D eigenvalue weighted by atomic mass is 9.85. The van der Waals surface area contributed by atoms with Gasteiger partial charge in [0.05, 0.1) is 13.5 Å². The third-order valence-corrected chi connectivity index (χ3v) is 4.30. The van der Waals surface area contributed by atoms with Crippen molar-refractivity contribution in [2.75, 3.05) is 33.3 Å². The fraction of sp³-hybridized carbons (Fsp3) is 0.556. The van der Waals surface area contributed by atoms with Gasteiger partial charge in [0.15, 0.2) is 0 Å². The predicted molar refractivity (Wildman–Crippen MR) is 89.6 cm³/mol. The van der Waals surface area contributed by atoms with E-state index in [4.69, 9.17) is 4.74 Å². The number of carbonyl (C=O) groups is 2. The molecule has 0 atom stereocenters. The van der Waals surface area contributed by atoms with Crippen molar-refractivity contribution in [3.05, 3.63) is 29.3 Å². The summed E-state index contributed by atoms with van der Waals surface area (Å²) in [6.45, 7) is 8.86. The van der Waals surface area contributed by atoms with E-state index in [-0.39, 0.29) is 11.3 Å². The summed E-state index contributed by atoms with van der Waals surface area (Å²) < 4.78 is 5.41. The number of hydrogen-bond donors (Lipinski definition) is 0. The summed E-state index contributed by atoms with van der Waals surface area (Å²) in [6, 6.07) is 6.06. The minimum absolute atomic E-state index is 0.0274. The van der Waals surface area contributed by atoms with Crippen LogP contribution in [0.4, 0.5) is 0 Å². The molecule has 0 aromatic heterocycles. The number of nitrogens with zero attached hydrogens (tertiary/aromatic N) is 2. The molecule has 1 fully saturated rings. The molecule has 0 saturated carbocycles. The lowest BCUT2D eigenvalue weighted by molar-refractivity contribution is -0.134. The Hall–Kier alpha value is -2.04. The Morgan fingerprint density at radius 1 is 1.22 bits per heavy atom. The number of benzene rings is 1. The second-order valence-electron chi connectivity index (χ2n) is 6.98. The Labute approximate surface area is 138 Å². The Bertz CT molecular complexity index is 570. The Kier molecular flexibility index (Phi) is 5.29. The molecule has 1 saturated heterocycles. The van der Waals surface area contributed by atoms with E-state index >= 15 is 0 Å². The van der Waals surface area contributed by atoms with Crippen LogP contribution in [-0.4, -0.2) is 55.4 Å². The van der Waals surface area contributed by atoms with E-state index in [1.165, 1.54) is 5.56 Å². The first-order valence-corrected chi connectivity index (χ1v) is 7.99. The van der Waals surface area contributed by atoms with Gasteiger partial charge in [-0.15, -0.1) is 0 Å². The van der Waals surface area contributed by atoms with Crippen molar-refractivity contribution in [3.8, 4) is 5.75 Å². The van der Waals surface area contributed by atoms with Gasteiger partial charge < -0.3 is 14.5 Å². The van der Waals surface area contributed by atoms with Gasteiger partial charge in [-0.2, -0.15) is 0 Å². The highest BCUT2D eigenvalue weighted by Crippen LogP contribution is 2.28. The van der Waals surface area contributed by atoms with E-state index in [2.05, 4.69) is 32.9 Å². The van der Waals surface area contributed by atoms with Crippen molar-refractivity contribution in [3.63, 3.8) is 0 Å². The van der Waals surface area contributed by atoms with Gasteiger partial charge in [-0.3, -0.25) is 9.59 Å². The van der Waals surface area contributed by atoms with Gasteiger partial charge in [0.25, 0.3) is 0 Å². The molecule has 1 aromatic carbocycles. The van der Waals surface area contributed by atoms with E-state index < -0.39 is 0 Å². The van der Waals surface area contributed by atoms with Crippen LogP contribution in [-0.2, 0) is 21.4 Å². The Balaban J connectivity index is 2.12. The normalized spacial score (nSPS) is 15.5. The van der Waals surface area contributed by atoms with Gasteiger partial charge in [0, 0.05) is 31.7 Å². The van der Waals surface area contributed by atoms with Gasteiger partial charge >= 0.3 is 0 Å². The molecular formula is C18H26N2O3. The SMILES string of the molecule is COc1ccc(C(C)(C)C)cc1CC(=O)N1CCN(C=O)CC1. The van der Waals surface area contributed by atoms with Crippen molar-refractivity contribution in [2.24, 2.45) is 0 Å². The molecule has 2 rings (SSSR count). The lowest BCUT2D eigenvalue weighted by Crippen LogP contribution is -2.48. The van der Waals surface area contributed by atoms with Gasteiger partial charge in [0.2, 0.25) is 12.3 Å². The van der Waals surface area contributed by atoms with Gasteiger partial charge in [-0.05, 0) is 17.0 Å². The molecular weight excluding hydrogens is 292 g/mol. The number of carbonyl (C=O) groups excluding carboxylic acids is 2. The maximum atomic E-state index is 12.6. The molecule has 0 N–H and O–H groups in total. The minimum atomic E-state index is 0.0274. The Morgan fingerprint density at radius 3 is 2.39 bits per heavy atom. The molecule has 1 aromatic rings. The van der Waals surface area contributed by atoms with Crippen LogP contribution in [0.1, 0.15) is 31.9 Å². The molecule has 0 bridgehead atoms. The van der Waals surface area contributed by atoms with E-state index in [1.54, 1.807) is 12.0 Å². The van der Waals surface area contributed by atoms with Crippen molar-refractivity contribution in [1.29, 1.82) is 0 Å². The van der Waals surface area contributed by atoms with Crippen molar-refractivity contribution in [2.45, 2.75) is 32.6 Å². The second-order valence-corrected chi connectivity index (χ2v) is 6.98. The maximum absolute atomic E-state index is 12.6. The zero-order valence-corrected chi connectivity index (χ0v) is 14.5. The number of ether oxygens (including phenoxy) is 1. The van der Waals surface area contributed by atoms with Crippen LogP contribution in [0, 0.1) is 0 Å². The fourth-order valence-electron chi connectivity index (χ4n) is 2.73. The highest BCUT2D eigenvalue weighted by Gasteiger charge is 2.22. The highest BCUT2D eigenvalue weighted by atomic mass is 16.5. The van der Waals surface area contributed by atoms with Crippen LogP contribution < -0.4 is 4.74 Å². The number of methoxy groups -OCH3 is 1. The molecule has 1 aliphatic heterocycles. The number of rotatable bonds is 4. The molecule has 126 valence electrons. The smallest absolute Gasteiger partial charge is 0.227 e. The molecule has 5 nitrogen and oxygen atoms in total. The van der Waals surface area contributed by atoms with Crippen molar-refractivity contribution >= 4 is 12.3 Å². The summed E-state index contributed by atoms with van der Waals surface area (Å²) in [7, 11) is 1.63. The summed E-state index contributed by atoms with van der Waals surface area (Å²) in [6.07, 6.45) is 1.17. The zero-order chi connectivity index (χ0) is 17.0. The molecule has 1 heterocycles. The minimum Gasteiger partial charge on any atom is -0.496 e. The van der Waals surface area contributed by atoms with Crippen LogP contribution >= 0.6 is 0 Å². The zero-order valence-electron chi connectivity index (χ0n) is 14.5. The third kappa shape index (κ3) is 4.24. The largest absolute Gasteiger partial charge is 0.496 e. The van der Waals surface area contributed by atoms with Crippen LogP contribution in [0.3, 0.4) is 0 Å². The first kappa shape index (κ1) is 17.3.